The zero-order chi connectivity index (χ0) is 18.7. The Morgan fingerprint density at radius 2 is 1.88 bits per heavy atom. The van der Waals surface area contributed by atoms with Crippen molar-refractivity contribution in [3.63, 3.8) is 0 Å². The van der Waals surface area contributed by atoms with E-state index in [0.717, 1.165) is 0 Å². The molecule has 0 amide bonds. The summed E-state index contributed by atoms with van der Waals surface area (Å²) in [5, 5.41) is 12.8. The molecular formula is C18H14Cl4N2O2. The maximum atomic E-state index is 11.4. The van der Waals surface area contributed by atoms with E-state index >= 15 is 0 Å². The Labute approximate surface area is 170 Å². The average molecular weight is 432 g/mol. The average Bonchev–Trinajstić information content (AvgIpc) is 3.09. The van der Waals surface area contributed by atoms with Crippen molar-refractivity contribution >= 4 is 46.4 Å². The quantitative estimate of drug-likeness (QED) is 0.563. The van der Waals surface area contributed by atoms with Gasteiger partial charge in [-0.3, -0.25) is 0 Å². The molecule has 0 spiro atoms. The lowest BCUT2D eigenvalue weighted by molar-refractivity contribution is -0.0242. The number of nitrogens with zero attached hydrogens (tertiary/aromatic N) is 2. The number of hydrogen-bond acceptors (Lipinski definition) is 3. The fourth-order valence-corrected chi connectivity index (χ4v) is 3.48. The molecule has 0 radical (unpaired) electrons. The molecule has 136 valence electrons. The van der Waals surface area contributed by atoms with Gasteiger partial charge in [0.05, 0.1) is 17.9 Å². The van der Waals surface area contributed by atoms with E-state index in [1.165, 1.54) is 0 Å². The number of hydrogen-bond donors (Lipinski definition) is 1. The summed E-state index contributed by atoms with van der Waals surface area (Å²) in [7, 11) is 0. The van der Waals surface area contributed by atoms with E-state index < -0.39 is 5.60 Å². The second-order valence-corrected chi connectivity index (χ2v) is 7.36. The van der Waals surface area contributed by atoms with Crippen molar-refractivity contribution in [1.82, 2.24) is 9.55 Å². The summed E-state index contributed by atoms with van der Waals surface area (Å²) in [6.07, 6.45) is 4.96. The van der Waals surface area contributed by atoms with Gasteiger partial charge in [-0.15, -0.1) is 0 Å². The molecule has 2 aromatic carbocycles. The van der Waals surface area contributed by atoms with Crippen LogP contribution in [0.5, 0.6) is 5.75 Å². The smallest absolute Gasteiger partial charge is 0.143 e. The molecule has 1 atom stereocenters. The van der Waals surface area contributed by atoms with Gasteiger partial charge < -0.3 is 14.4 Å². The largest absolute Gasteiger partial charge is 0.489 e. The monoisotopic (exact) mass is 430 g/mol. The predicted octanol–water partition coefficient (Wildman–Crippen LogP) is 5.46. The molecule has 0 aliphatic carbocycles. The molecule has 0 bridgehead atoms. The number of ether oxygens (including phenoxy) is 1. The minimum absolute atomic E-state index is 0.105. The summed E-state index contributed by atoms with van der Waals surface area (Å²) >= 11 is 24.5. The van der Waals surface area contributed by atoms with Crippen LogP contribution in [-0.2, 0) is 12.1 Å². The highest BCUT2D eigenvalue weighted by molar-refractivity contribution is 6.42. The molecule has 1 heterocycles. The van der Waals surface area contributed by atoms with E-state index in [1.807, 2.05) is 0 Å². The SMILES string of the molecule is OC(COc1cccc(Cl)c1Cl)(Cn1ccnc1)c1ccc(Cl)cc1Cl. The van der Waals surface area contributed by atoms with Crippen LogP contribution in [0.3, 0.4) is 0 Å². The molecule has 1 N–H and O–H groups in total. The van der Waals surface area contributed by atoms with Crippen LogP contribution < -0.4 is 4.74 Å². The van der Waals surface area contributed by atoms with Gasteiger partial charge in [-0.25, -0.2) is 4.98 Å². The standard InChI is InChI=1S/C18H14Cl4N2O2/c19-12-4-5-13(15(21)8-12)18(25,9-24-7-6-23-11-24)10-26-16-3-1-2-14(20)17(16)22/h1-8,11,25H,9-10H2. The van der Waals surface area contributed by atoms with Crippen molar-refractivity contribution < 1.29 is 9.84 Å². The molecule has 3 rings (SSSR count). The second kappa shape index (κ2) is 8.07. The number of benzene rings is 2. The molecule has 0 saturated carbocycles. The number of rotatable bonds is 6. The molecule has 26 heavy (non-hydrogen) atoms. The maximum Gasteiger partial charge on any atom is 0.143 e. The molecular weight excluding hydrogens is 418 g/mol. The highest BCUT2D eigenvalue weighted by atomic mass is 35.5. The molecule has 0 saturated heterocycles. The third-order valence-corrected chi connectivity index (χ3v) is 5.17. The minimum atomic E-state index is -1.45. The topological polar surface area (TPSA) is 47.3 Å². The molecule has 0 aliphatic rings. The van der Waals surface area contributed by atoms with Crippen LogP contribution in [0.25, 0.3) is 0 Å². The lowest BCUT2D eigenvalue weighted by Crippen LogP contribution is -2.38. The first kappa shape index (κ1) is 19.3. The van der Waals surface area contributed by atoms with Crippen molar-refractivity contribution in [2.24, 2.45) is 0 Å². The van der Waals surface area contributed by atoms with Crippen molar-refractivity contribution in [1.29, 1.82) is 0 Å². The van der Waals surface area contributed by atoms with Gasteiger partial charge in [-0.05, 0) is 24.3 Å². The molecule has 0 fully saturated rings. The van der Waals surface area contributed by atoms with Crippen LogP contribution in [0.2, 0.25) is 20.1 Å². The maximum absolute atomic E-state index is 11.4. The van der Waals surface area contributed by atoms with Crippen molar-refractivity contribution in [3.8, 4) is 5.75 Å². The Bertz CT molecular complexity index is 902. The summed E-state index contributed by atoms with van der Waals surface area (Å²) in [4.78, 5) is 4.00. The summed E-state index contributed by atoms with van der Waals surface area (Å²) < 4.78 is 7.51. The molecule has 4 nitrogen and oxygen atoms in total. The summed E-state index contributed by atoms with van der Waals surface area (Å²) in [5.41, 5.74) is -0.969. The number of imidazole rings is 1. The van der Waals surface area contributed by atoms with Gasteiger partial charge in [-0.2, -0.15) is 0 Å². The first-order chi connectivity index (χ1) is 12.4. The van der Waals surface area contributed by atoms with E-state index in [2.05, 4.69) is 4.98 Å². The van der Waals surface area contributed by atoms with E-state index in [9.17, 15) is 5.11 Å². The van der Waals surface area contributed by atoms with Gasteiger partial charge in [0, 0.05) is 28.0 Å². The first-order valence-corrected chi connectivity index (χ1v) is 9.11. The van der Waals surface area contributed by atoms with Gasteiger partial charge >= 0.3 is 0 Å². The van der Waals surface area contributed by atoms with Crippen LogP contribution in [-0.4, -0.2) is 21.3 Å². The third kappa shape index (κ3) is 4.27. The Balaban J connectivity index is 1.93. The van der Waals surface area contributed by atoms with Gasteiger partial charge in [-0.1, -0.05) is 58.5 Å². The van der Waals surface area contributed by atoms with Crippen LogP contribution in [0, 0.1) is 0 Å². The van der Waals surface area contributed by atoms with Crippen LogP contribution >= 0.6 is 46.4 Å². The Hall–Kier alpha value is -1.43. The van der Waals surface area contributed by atoms with Crippen LogP contribution in [0.4, 0.5) is 0 Å². The fourth-order valence-electron chi connectivity index (χ4n) is 2.55. The Kier molecular flexibility index (Phi) is 6.00. The summed E-state index contributed by atoms with van der Waals surface area (Å²) in [6, 6.07) is 9.95. The van der Waals surface area contributed by atoms with Crippen molar-refractivity contribution in [2.75, 3.05) is 6.61 Å². The lowest BCUT2D eigenvalue weighted by atomic mass is 9.94. The highest BCUT2D eigenvalue weighted by Crippen LogP contribution is 2.35. The zero-order valence-corrected chi connectivity index (χ0v) is 16.4. The van der Waals surface area contributed by atoms with Crippen LogP contribution in [0.15, 0.2) is 55.1 Å². The van der Waals surface area contributed by atoms with Crippen LogP contribution in [0.1, 0.15) is 5.56 Å². The van der Waals surface area contributed by atoms with Crippen molar-refractivity contribution in [3.05, 3.63) is 80.8 Å². The van der Waals surface area contributed by atoms with E-state index in [-0.39, 0.29) is 18.2 Å². The molecule has 1 aromatic heterocycles. The lowest BCUT2D eigenvalue weighted by Gasteiger charge is -2.30. The van der Waals surface area contributed by atoms with E-state index in [0.29, 0.717) is 26.4 Å². The Morgan fingerprint density at radius 3 is 2.58 bits per heavy atom. The van der Waals surface area contributed by atoms with Gasteiger partial charge in [0.15, 0.2) is 0 Å². The molecule has 3 aromatic rings. The normalized spacial score (nSPS) is 13.4. The van der Waals surface area contributed by atoms with Crippen molar-refractivity contribution in [2.45, 2.75) is 12.1 Å². The second-order valence-electron chi connectivity index (χ2n) is 5.73. The number of aromatic nitrogens is 2. The molecule has 1 unspecified atom stereocenters. The van der Waals surface area contributed by atoms with Gasteiger partial charge in [0.1, 0.15) is 23.0 Å². The fraction of sp³-hybridized carbons (Fsp3) is 0.167. The van der Waals surface area contributed by atoms with Gasteiger partial charge in [0.2, 0.25) is 0 Å². The predicted molar refractivity (Wildman–Crippen MR) is 105 cm³/mol. The Morgan fingerprint density at radius 1 is 1.08 bits per heavy atom. The number of halogens is 4. The van der Waals surface area contributed by atoms with Gasteiger partial charge in [0.25, 0.3) is 0 Å². The van der Waals surface area contributed by atoms with E-state index in [4.69, 9.17) is 51.1 Å². The molecule has 0 aliphatic heterocycles. The minimum Gasteiger partial charge on any atom is -0.489 e. The third-order valence-electron chi connectivity index (χ3n) is 3.82. The number of aliphatic hydroxyl groups is 1. The van der Waals surface area contributed by atoms with E-state index in [1.54, 1.807) is 59.7 Å². The highest BCUT2D eigenvalue weighted by Gasteiger charge is 2.33. The summed E-state index contributed by atoms with van der Waals surface area (Å²) in [6.45, 7) is 0.0686. The summed E-state index contributed by atoms with van der Waals surface area (Å²) in [5.74, 6) is 0.369. The molecule has 8 heteroatoms. The zero-order valence-electron chi connectivity index (χ0n) is 13.4. The first-order valence-electron chi connectivity index (χ1n) is 7.59.